The van der Waals surface area contributed by atoms with Crippen molar-refractivity contribution in [3.63, 3.8) is 0 Å². The van der Waals surface area contributed by atoms with Crippen molar-refractivity contribution in [1.29, 1.82) is 0 Å². The number of carbonyl (C=O) groups excluding carboxylic acids is 2. The molecular formula is C20H13NaO4. The number of allylic oxidation sites excluding steroid dienone is 5. The van der Waals surface area contributed by atoms with E-state index in [0.717, 1.165) is 5.56 Å². The number of aromatic carboxylic acids is 1. The van der Waals surface area contributed by atoms with Gasteiger partial charge in [-0.2, -0.15) is 0 Å². The fraction of sp³-hybridized carbons (Fsp3) is 0. The molecule has 0 aromatic heterocycles. The zero-order valence-electron chi connectivity index (χ0n) is 13.6. The molecule has 1 aliphatic carbocycles. The van der Waals surface area contributed by atoms with Crippen LogP contribution in [0.1, 0.15) is 21.5 Å². The van der Waals surface area contributed by atoms with Gasteiger partial charge in [0.2, 0.25) is 0 Å². The summed E-state index contributed by atoms with van der Waals surface area (Å²) in [5.41, 5.74) is 2.62. The Bertz CT molecular complexity index is 888. The van der Waals surface area contributed by atoms with Crippen molar-refractivity contribution in [3.8, 4) is 5.75 Å². The van der Waals surface area contributed by atoms with Crippen LogP contribution in [0.5, 0.6) is 5.75 Å². The zero-order chi connectivity index (χ0) is 17.1. The number of ketones is 1. The first kappa shape index (κ1) is 18.9. The van der Waals surface area contributed by atoms with Gasteiger partial charge in [-0.15, -0.1) is 0 Å². The van der Waals surface area contributed by atoms with Gasteiger partial charge in [0.05, 0.1) is 5.97 Å². The van der Waals surface area contributed by atoms with Crippen LogP contribution in [0.4, 0.5) is 0 Å². The van der Waals surface area contributed by atoms with Crippen LogP contribution in [0.25, 0.3) is 5.57 Å². The van der Waals surface area contributed by atoms with Gasteiger partial charge in [-0.3, -0.25) is 4.79 Å². The third-order valence-corrected chi connectivity index (χ3v) is 3.72. The van der Waals surface area contributed by atoms with E-state index in [0.29, 0.717) is 16.7 Å². The van der Waals surface area contributed by atoms with E-state index < -0.39 is 5.97 Å². The van der Waals surface area contributed by atoms with E-state index in [2.05, 4.69) is 0 Å². The number of rotatable bonds is 3. The normalized spacial score (nSPS) is 12.6. The summed E-state index contributed by atoms with van der Waals surface area (Å²) in [5, 5.41) is 21.0. The van der Waals surface area contributed by atoms with E-state index in [1.165, 1.54) is 30.4 Å². The summed E-state index contributed by atoms with van der Waals surface area (Å²) in [6.07, 6.45) is 6.15. The summed E-state index contributed by atoms with van der Waals surface area (Å²) in [6, 6.07) is 13.0. The molecular weight excluding hydrogens is 327 g/mol. The number of phenols is 1. The molecule has 0 aliphatic heterocycles. The molecule has 0 spiro atoms. The van der Waals surface area contributed by atoms with Gasteiger partial charge in [-0.05, 0) is 46.6 Å². The quantitative estimate of drug-likeness (QED) is 0.747. The maximum Gasteiger partial charge on any atom is 1.00 e. The van der Waals surface area contributed by atoms with E-state index in [9.17, 15) is 19.8 Å². The second-order valence-corrected chi connectivity index (χ2v) is 5.28. The first-order valence-electron chi connectivity index (χ1n) is 7.31. The van der Waals surface area contributed by atoms with Crippen molar-refractivity contribution < 1.29 is 49.4 Å². The van der Waals surface area contributed by atoms with Crippen LogP contribution in [0, 0.1) is 0 Å². The minimum absolute atomic E-state index is 0. The third kappa shape index (κ3) is 4.17. The average Bonchev–Trinajstić information content (AvgIpc) is 2.59. The van der Waals surface area contributed by atoms with Gasteiger partial charge in [0.15, 0.2) is 5.78 Å². The van der Waals surface area contributed by atoms with Gasteiger partial charge < -0.3 is 15.0 Å². The van der Waals surface area contributed by atoms with E-state index in [-0.39, 0.29) is 46.7 Å². The maximum atomic E-state index is 11.5. The van der Waals surface area contributed by atoms with Gasteiger partial charge in [-0.25, -0.2) is 0 Å². The Morgan fingerprint density at radius 3 is 1.96 bits per heavy atom. The largest absolute Gasteiger partial charge is 1.00 e. The van der Waals surface area contributed by atoms with E-state index in [4.69, 9.17) is 0 Å². The van der Waals surface area contributed by atoms with Gasteiger partial charge in [0.25, 0.3) is 0 Å². The van der Waals surface area contributed by atoms with Crippen LogP contribution in [-0.2, 0) is 4.79 Å². The number of carbonyl (C=O) groups is 2. The third-order valence-electron chi connectivity index (χ3n) is 3.72. The van der Waals surface area contributed by atoms with E-state index in [1.54, 1.807) is 42.5 Å². The molecule has 0 bridgehead atoms. The Kier molecular flexibility index (Phi) is 6.15. The van der Waals surface area contributed by atoms with Crippen molar-refractivity contribution in [2.45, 2.75) is 0 Å². The van der Waals surface area contributed by atoms with Crippen LogP contribution in [-0.4, -0.2) is 16.9 Å². The Morgan fingerprint density at radius 1 is 0.840 bits per heavy atom. The van der Waals surface area contributed by atoms with Crippen molar-refractivity contribution in [2.24, 2.45) is 0 Å². The van der Waals surface area contributed by atoms with Gasteiger partial charge in [0, 0.05) is 5.56 Å². The van der Waals surface area contributed by atoms with Crippen LogP contribution in [0.15, 0.2) is 78.4 Å². The molecule has 2 aromatic rings. The number of benzene rings is 2. The molecule has 0 saturated carbocycles. The second-order valence-electron chi connectivity index (χ2n) is 5.28. The van der Waals surface area contributed by atoms with Gasteiger partial charge in [0.1, 0.15) is 5.75 Å². The van der Waals surface area contributed by atoms with Crippen LogP contribution in [0.3, 0.4) is 0 Å². The maximum absolute atomic E-state index is 11.5. The van der Waals surface area contributed by atoms with Gasteiger partial charge in [-0.1, -0.05) is 48.6 Å². The Balaban J connectivity index is 0.00000225. The molecule has 0 atom stereocenters. The number of hydrogen-bond acceptors (Lipinski definition) is 4. The number of carboxylic acid groups (broad SMARTS) is 1. The fourth-order valence-corrected chi connectivity index (χ4v) is 2.61. The van der Waals surface area contributed by atoms with Crippen LogP contribution in [0.2, 0.25) is 0 Å². The Hall–Kier alpha value is -2.40. The molecule has 0 saturated heterocycles. The van der Waals surface area contributed by atoms with Crippen LogP contribution >= 0.6 is 0 Å². The molecule has 1 aliphatic rings. The Labute approximate surface area is 167 Å². The molecule has 0 amide bonds. The Morgan fingerprint density at radius 2 is 1.40 bits per heavy atom. The molecule has 118 valence electrons. The van der Waals surface area contributed by atoms with Crippen molar-refractivity contribution >= 4 is 17.3 Å². The standard InChI is InChI=1S/C20H14O4.Na/c21-15-9-5-13(6-10-15)19(14-7-11-16(22)12-8-14)17-3-1-2-4-18(17)20(23)24;/h1-12,21H,(H,23,24);/q;+1/p-1. The number of phenolic OH excluding ortho intramolecular Hbond substituents is 1. The van der Waals surface area contributed by atoms with Crippen LogP contribution < -0.4 is 34.7 Å². The smallest absolute Gasteiger partial charge is 0.545 e. The average molecular weight is 340 g/mol. The zero-order valence-corrected chi connectivity index (χ0v) is 15.6. The summed E-state index contributed by atoms with van der Waals surface area (Å²) < 4.78 is 0. The van der Waals surface area contributed by atoms with E-state index in [1.807, 2.05) is 0 Å². The summed E-state index contributed by atoms with van der Waals surface area (Å²) in [4.78, 5) is 22.9. The van der Waals surface area contributed by atoms with Gasteiger partial charge >= 0.3 is 29.6 Å². The molecule has 0 heterocycles. The first-order chi connectivity index (χ1) is 11.6. The number of carboxylic acids is 1. The molecule has 3 rings (SSSR count). The monoisotopic (exact) mass is 340 g/mol. The molecule has 4 nitrogen and oxygen atoms in total. The summed E-state index contributed by atoms with van der Waals surface area (Å²) in [5.74, 6) is -1.29. The summed E-state index contributed by atoms with van der Waals surface area (Å²) in [6.45, 7) is 0. The predicted molar refractivity (Wildman–Crippen MR) is 88.2 cm³/mol. The van der Waals surface area contributed by atoms with E-state index >= 15 is 0 Å². The summed E-state index contributed by atoms with van der Waals surface area (Å²) >= 11 is 0. The van der Waals surface area contributed by atoms with Crippen molar-refractivity contribution in [2.75, 3.05) is 0 Å². The molecule has 5 heteroatoms. The van der Waals surface area contributed by atoms with Crippen molar-refractivity contribution in [1.82, 2.24) is 0 Å². The first-order valence-corrected chi connectivity index (χ1v) is 7.31. The fourth-order valence-electron chi connectivity index (χ4n) is 2.61. The number of aromatic hydroxyl groups is 1. The molecule has 0 radical (unpaired) electrons. The molecule has 1 N–H and O–H groups in total. The molecule has 0 unspecified atom stereocenters. The summed E-state index contributed by atoms with van der Waals surface area (Å²) in [7, 11) is 0. The SMILES string of the molecule is O=C1C=CC(=C(c2ccc(O)cc2)c2ccccc2C(=O)[O-])C=C1.[Na+]. The minimum Gasteiger partial charge on any atom is -0.545 e. The second kappa shape index (κ2) is 8.12. The topological polar surface area (TPSA) is 77.4 Å². The predicted octanol–water partition coefficient (Wildman–Crippen LogP) is -0.743. The minimum atomic E-state index is -1.28. The van der Waals surface area contributed by atoms with Crippen molar-refractivity contribution in [3.05, 3.63) is 95.1 Å². The molecule has 2 aromatic carbocycles. The molecule has 0 fully saturated rings. The number of hydrogen-bond donors (Lipinski definition) is 1. The molecule has 25 heavy (non-hydrogen) atoms.